The average molecular weight is 225 g/mol. The van der Waals surface area contributed by atoms with E-state index in [2.05, 4.69) is 4.99 Å². The lowest BCUT2D eigenvalue weighted by molar-refractivity contribution is -0.107. The topological polar surface area (TPSA) is 35.8 Å². The highest BCUT2D eigenvalue weighted by molar-refractivity contribution is 6.30. The first-order valence-electron chi connectivity index (χ1n) is 4.77. The van der Waals surface area contributed by atoms with Crippen molar-refractivity contribution in [2.24, 2.45) is 4.99 Å². The second-order valence-electron chi connectivity index (χ2n) is 4.16. The molecule has 0 bridgehead atoms. The van der Waals surface area contributed by atoms with Gasteiger partial charge in [0.05, 0.1) is 11.1 Å². The predicted octanol–water partition coefficient (Wildman–Crippen LogP) is 1.53. The molecule has 1 N–H and O–H groups in total. The Morgan fingerprint density at radius 3 is 2.73 bits per heavy atom. The van der Waals surface area contributed by atoms with E-state index in [4.69, 9.17) is 11.6 Å². The minimum absolute atomic E-state index is 0.620. The van der Waals surface area contributed by atoms with Crippen LogP contribution in [0, 0.1) is 0 Å². The van der Waals surface area contributed by atoms with Gasteiger partial charge >= 0.3 is 0 Å². The van der Waals surface area contributed by atoms with Crippen molar-refractivity contribution in [1.29, 1.82) is 0 Å². The molecule has 0 unspecified atom stereocenters. The van der Waals surface area contributed by atoms with Crippen molar-refractivity contribution in [2.75, 3.05) is 0 Å². The van der Waals surface area contributed by atoms with Crippen LogP contribution >= 0.6 is 11.6 Å². The molecule has 0 radical (unpaired) electrons. The zero-order valence-electron chi connectivity index (χ0n) is 8.95. The van der Waals surface area contributed by atoms with Crippen LogP contribution in [0.25, 0.3) is 5.70 Å². The van der Waals surface area contributed by atoms with E-state index in [0.29, 0.717) is 5.02 Å². The number of fused-ring (bicyclic) bond motifs is 1. The first-order valence-corrected chi connectivity index (χ1v) is 5.15. The van der Waals surface area contributed by atoms with Crippen molar-refractivity contribution >= 4 is 17.3 Å². The Morgan fingerprint density at radius 1 is 1.40 bits per heavy atom. The Kier molecular flexibility index (Phi) is 2.24. The fourth-order valence-electron chi connectivity index (χ4n) is 1.76. The molecule has 1 heterocycles. The number of halogens is 1. The Morgan fingerprint density at radius 2 is 2.07 bits per heavy atom. The van der Waals surface area contributed by atoms with Crippen molar-refractivity contribution in [3.63, 3.8) is 0 Å². The zero-order valence-corrected chi connectivity index (χ0v) is 9.71. The van der Waals surface area contributed by atoms with Crippen LogP contribution in [0.3, 0.4) is 0 Å². The highest BCUT2D eigenvalue weighted by Crippen LogP contribution is 2.20. The van der Waals surface area contributed by atoms with Gasteiger partial charge in [-0.05, 0) is 39.0 Å². The third kappa shape index (κ3) is 1.62. The summed E-state index contributed by atoms with van der Waals surface area (Å²) in [4.78, 5) is 4.45. The minimum Gasteiger partial charge on any atom is -0.286 e. The molecule has 3 nitrogen and oxygen atoms in total. The summed E-state index contributed by atoms with van der Waals surface area (Å²) in [6.07, 6.45) is 0. The minimum atomic E-state index is -0.620. The molecule has 1 aliphatic rings. The molecule has 0 atom stereocenters. The lowest BCUT2D eigenvalue weighted by atomic mass is 10.1. The molecule has 0 saturated carbocycles. The number of rotatable bonds is 0. The third-order valence-electron chi connectivity index (χ3n) is 2.58. The van der Waals surface area contributed by atoms with Crippen LogP contribution < -0.4 is 10.6 Å². The maximum Gasteiger partial charge on any atom is 0.150 e. The monoisotopic (exact) mass is 224 g/mol. The number of hydroxylamine groups is 2. The van der Waals surface area contributed by atoms with Crippen LogP contribution in [0.5, 0.6) is 0 Å². The molecule has 4 heteroatoms. The number of nitrogens with zero attached hydrogens (tertiary/aromatic N) is 2. The van der Waals surface area contributed by atoms with E-state index in [1.807, 2.05) is 32.9 Å². The van der Waals surface area contributed by atoms with Gasteiger partial charge in [-0.15, -0.1) is 0 Å². The molecule has 2 rings (SSSR count). The summed E-state index contributed by atoms with van der Waals surface area (Å²) in [5.74, 6) is 0. The third-order valence-corrected chi connectivity index (χ3v) is 2.81. The van der Waals surface area contributed by atoms with Crippen molar-refractivity contribution < 1.29 is 5.21 Å². The average Bonchev–Trinajstić information content (AvgIpc) is 2.16. The lowest BCUT2D eigenvalue weighted by Gasteiger charge is -2.34. The maximum absolute atomic E-state index is 9.90. The summed E-state index contributed by atoms with van der Waals surface area (Å²) in [6, 6.07) is 5.49. The Hall–Kier alpha value is -1.06. The number of benzene rings is 1. The van der Waals surface area contributed by atoms with E-state index >= 15 is 0 Å². The van der Waals surface area contributed by atoms with Gasteiger partial charge in [0.25, 0.3) is 0 Å². The highest BCUT2D eigenvalue weighted by atomic mass is 35.5. The molecular weight excluding hydrogens is 212 g/mol. The van der Waals surface area contributed by atoms with Gasteiger partial charge in [-0.2, -0.15) is 0 Å². The van der Waals surface area contributed by atoms with E-state index in [-0.39, 0.29) is 0 Å². The molecule has 15 heavy (non-hydrogen) atoms. The summed E-state index contributed by atoms with van der Waals surface area (Å²) >= 11 is 5.91. The Bertz CT molecular complexity index is 522. The first-order chi connectivity index (χ1) is 6.92. The van der Waals surface area contributed by atoms with E-state index < -0.39 is 5.66 Å². The maximum atomic E-state index is 9.90. The summed E-state index contributed by atoms with van der Waals surface area (Å²) in [5.41, 5.74) is 0.151. The second-order valence-corrected chi connectivity index (χ2v) is 4.60. The Balaban J connectivity index is 2.85. The van der Waals surface area contributed by atoms with Gasteiger partial charge in [-0.1, -0.05) is 11.6 Å². The van der Waals surface area contributed by atoms with Gasteiger partial charge < -0.3 is 0 Å². The quantitative estimate of drug-likeness (QED) is 0.726. The summed E-state index contributed by atoms with van der Waals surface area (Å²) < 4.78 is 0. The lowest BCUT2D eigenvalue weighted by Crippen LogP contribution is -2.49. The van der Waals surface area contributed by atoms with Gasteiger partial charge in [0.2, 0.25) is 0 Å². The number of hydrogen-bond donors (Lipinski definition) is 1. The Labute approximate surface area is 93.3 Å². The molecule has 1 aliphatic heterocycles. The first kappa shape index (κ1) is 10.5. The van der Waals surface area contributed by atoms with Crippen molar-refractivity contribution in [3.8, 4) is 0 Å². The molecule has 0 aliphatic carbocycles. The van der Waals surface area contributed by atoms with Crippen LogP contribution in [-0.2, 0) is 0 Å². The highest BCUT2D eigenvalue weighted by Gasteiger charge is 2.27. The van der Waals surface area contributed by atoms with Crippen molar-refractivity contribution in [3.05, 3.63) is 33.8 Å². The van der Waals surface area contributed by atoms with E-state index in [0.717, 1.165) is 16.3 Å². The molecule has 0 spiro atoms. The standard InChI is InChI=1S/C11H13ClN2O/c1-7-9-6-8(12)4-5-10(9)13-11(2,3)14(7)15/h4-6,15H,1-3H3. The normalized spacial score (nSPS) is 18.5. The molecule has 1 aromatic rings. The van der Waals surface area contributed by atoms with E-state index in [1.165, 1.54) is 5.06 Å². The smallest absolute Gasteiger partial charge is 0.150 e. The summed E-state index contributed by atoms with van der Waals surface area (Å²) in [7, 11) is 0. The van der Waals surface area contributed by atoms with Gasteiger partial charge in [-0.25, -0.2) is 5.06 Å². The molecule has 0 amide bonds. The van der Waals surface area contributed by atoms with Crippen LogP contribution in [0.4, 0.5) is 0 Å². The van der Waals surface area contributed by atoms with Gasteiger partial charge in [0.1, 0.15) is 0 Å². The number of hydrogen-bond acceptors (Lipinski definition) is 3. The van der Waals surface area contributed by atoms with Crippen LogP contribution in [0.2, 0.25) is 5.02 Å². The van der Waals surface area contributed by atoms with Gasteiger partial charge in [0.15, 0.2) is 5.66 Å². The summed E-state index contributed by atoms with van der Waals surface area (Å²) in [5, 5.41) is 13.5. The zero-order chi connectivity index (χ0) is 11.2. The molecule has 0 saturated heterocycles. The van der Waals surface area contributed by atoms with Crippen LogP contribution in [0.1, 0.15) is 20.8 Å². The fraction of sp³-hybridized carbons (Fsp3) is 0.364. The molecule has 0 fully saturated rings. The molecular formula is C11H13ClN2O. The molecule has 1 aromatic carbocycles. The summed E-state index contributed by atoms with van der Waals surface area (Å²) in [6.45, 7) is 5.56. The van der Waals surface area contributed by atoms with E-state index in [1.54, 1.807) is 6.07 Å². The van der Waals surface area contributed by atoms with Crippen LogP contribution in [0.15, 0.2) is 23.2 Å². The van der Waals surface area contributed by atoms with E-state index in [9.17, 15) is 5.21 Å². The molecule has 80 valence electrons. The van der Waals surface area contributed by atoms with Crippen molar-refractivity contribution in [2.45, 2.75) is 26.4 Å². The van der Waals surface area contributed by atoms with Gasteiger partial charge in [0, 0.05) is 10.2 Å². The SMILES string of the molecule is CC1=c2cc(Cl)ccc2=NC(C)(C)N1O. The predicted molar refractivity (Wildman–Crippen MR) is 59.0 cm³/mol. The fourth-order valence-corrected chi connectivity index (χ4v) is 1.93. The molecule has 0 aromatic heterocycles. The second kappa shape index (κ2) is 3.22. The van der Waals surface area contributed by atoms with Crippen LogP contribution in [-0.4, -0.2) is 15.9 Å². The van der Waals surface area contributed by atoms with Crippen molar-refractivity contribution in [1.82, 2.24) is 5.06 Å². The largest absolute Gasteiger partial charge is 0.286 e. The van der Waals surface area contributed by atoms with Gasteiger partial charge in [-0.3, -0.25) is 10.2 Å².